The van der Waals surface area contributed by atoms with Crippen molar-refractivity contribution in [3.8, 4) is 5.75 Å². The first-order valence-electron chi connectivity index (χ1n) is 12.0. The van der Waals surface area contributed by atoms with Gasteiger partial charge < -0.3 is 15.4 Å². The predicted octanol–water partition coefficient (Wildman–Crippen LogP) is 7.00. The summed E-state index contributed by atoms with van der Waals surface area (Å²) < 4.78 is 6.30. The second kappa shape index (κ2) is 11.7. The molecule has 0 amide bonds. The number of nitrogens with one attached hydrogen (secondary N) is 2. The fourth-order valence-corrected chi connectivity index (χ4v) is 6.32. The number of ether oxygens (including phenoxy) is 1. The number of benzene rings is 2. The van der Waals surface area contributed by atoms with Crippen molar-refractivity contribution in [2.75, 3.05) is 18.4 Å². The van der Waals surface area contributed by atoms with Crippen LogP contribution in [0.5, 0.6) is 5.75 Å². The third kappa shape index (κ3) is 6.42. The van der Waals surface area contributed by atoms with E-state index in [0.717, 1.165) is 39.3 Å². The van der Waals surface area contributed by atoms with Gasteiger partial charge in [0.05, 0.1) is 0 Å². The van der Waals surface area contributed by atoms with Crippen molar-refractivity contribution in [1.82, 2.24) is 15.3 Å². The zero-order chi connectivity index (χ0) is 23.9. The second-order valence-electron chi connectivity index (χ2n) is 8.73. The van der Waals surface area contributed by atoms with Crippen LogP contribution in [0.1, 0.15) is 34.1 Å². The van der Waals surface area contributed by atoms with Crippen LogP contribution in [-0.4, -0.2) is 23.1 Å². The predicted molar refractivity (Wildman–Crippen MR) is 146 cm³/mol. The highest BCUT2D eigenvalue weighted by molar-refractivity contribution is 7.99. The molecule has 5 rings (SSSR count). The van der Waals surface area contributed by atoms with Crippen LogP contribution < -0.4 is 15.4 Å². The van der Waals surface area contributed by atoms with Crippen molar-refractivity contribution in [3.05, 3.63) is 95.1 Å². The number of hydrogen-bond acceptors (Lipinski definition) is 7. The fraction of sp³-hybridized carbons (Fsp3) is 0.286. The molecule has 1 saturated heterocycles. The molecule has 1 aliphatic heterocycles. The van der Waals surface area contributed by atoms with E-state index in [-0.39, 0.29) is 0 Å². The molecule has 0 saturated carbocycles. The number of hydrogen-bond donors (Lipinski definition) is 2. The number of anilines is 2. The zero-order valence-electron chi connectivity index (χ0n) is 19.8. The van der Waals surface area contributed by atoms with Crippen LogP contribution in [0.2, 0.25) is 0 Å². The lowest BCUT2D eigenvalue weighted by Gasteiger charge is -2.31. The Labute approximate surface area is 215 Å². The Kier molecular flexibility index (Phi) is 7.98. The molecule has 180 valence electrons. The van der Waals surface area contributed by atoms with Crippen molar-refractivity contribution in [1.29, 1.82) is 0 Å². The topological polar surface area (TPSA) is 59.1 Å². The number of aromatic nitrogens is 2. The number of pyridine rings is 1. The van der Waals surface area contributed by atoms with E-state index in [4.69, 9.17) is 9.72 Å². The summed E-state index contributed by atoms with van der Waals surface area (Å²) in [6, 6.07) is 23.2. The van der Waals surface area contributed by atoms with Crippen molar-refractivity contribution >= 4 is 34.0 Å². The number of thiazole rings is 1. The third-order valence-electron chi connectivity index (χ3n) is 6.11. The number of aryl methyl sites for hydroxylation is 1. The van der Waals surface area contributed by atoms with Gasteiger partial charge in [-0.25, -0.2) is 9.97 Å². The second-order valence-corrected chi connectivity index (χ2v) is 11.2. The largest absolute Gasteiger partial charge is 0.485 e. The summed E-state index contributed by atoms with van der Waals surface area (Å²) in [6.45, 7) is 4.69. The summed E-state index contributed by atoms with van der Waals surface area (Å²) in [6.07, 6.45) is 6.19. The minimum absolute atomic E-state index is 0.377. The van der Waals surface area contributed by atoms with Crippen LogP contribution in [0.4, 0.5) is 10.9 Å². The summed E-state index contributed by atoms with van der Waals surface area (Å²) >= 11 is 3.50. The quantitative estimate of drug-likeness (QED) is 0.240. The summed E-state index contributed by atoms with van der Waals surface area (Å²) in [4.78, 5) is 11.5. The molecule has 4 aromatic rings. The molecular formula is C28H30N4OS2. The summed E-state index contributed by atoms with van der Waals surface area (Å²) in [5, 5.41) is 8.06. The molecule has 35 heavy (non-hydrogen) atoms. The van der Waals surface area contributed by atoms with E-state index >= 15 is 0 Å². The van der Waals surface area contributed by atoms with Gasteiger partial charge in [0.2, 0.25) is 0 Å². The van der Waals surface area contributed by atoms with Crippen LogP contribution in [0.3, 0.4) is 0 Å². The van der Waals surface area contributed by atoms with E-state index in [1.165, 1.54) is 18.4 Å². The summed E-state index contributed by atoms with van der Waals surface area (Å²) in [7, 11) is 0. The molecule has 3 heterocycles. The first-order valence-corrected chi connectivity index (χ1v) is 13.7. The van der Waals surface area contributed by atoms with Crippen molar-refractivity contribution in [2.24, 2.45) is 5.92 Å². The third-order valence-corrected chi connectivity index (χ3v) is 8.35. The number of rotatable bonds is 9. The van der Waals surface area contributed by atoms with Crippen molar-refractivity contribution < 1.29 is 4.74 Å². The average molecular weight is 503 g/mol. The standard InChI is InChI=1S/C28H30N4OS2/c1-20-17-31-28(34-20)32-27-25(33-19-21-8-4-2-5-9-21)16-24(18-30-27)35-26(22-10-6-3-7-11-22)23-12-14-29-15-13-23/h2-11,16-18,23,26,29H,12-15,19H2,1H3,(H,30,31,32). The normalized spacial score (nSPS) is 15.0. The lowest BCUT2D eigenvalue weighted by atomic mass is 9.90. The maximum Gasteiger partial charge on any atom is 0.188 e. The first-order chi connectivity index (χ1) is 17.2. The molecule has 2 N–H and O–H groups in total. The monoisotopic (exact) mass is 502 g/mol. The molecular weight excluding hydrogens is 472 g/mol. The summed E-state index contributed by atoms with van der Waals surface area (Å²) in [5.41, 5.74) is 2.50. The molecule has 7 heteroatoms. The van der Waals surface area contributed by atoms with Gasteiger partial charge in [0, 0.05) is 27.4 Å². The molecule has 1 fully saturated rings. The highest BCUT2D eigenvalue weighted by Gasteiger charge is 2.26. The van der Waals surface area contributed by atoms with Gasteiger partial charge >= 0.3 is 0 Å². The fourth-order valence-electron chi connectivity index (χ4n) is 4.32. The van der Waals surface area contributed by atoms with Crippen LogP contribution >= 0.6 is 23.1 Å². The molecule has 0 radical (unpaired) electrons. The van der Waals surface area contributed by atoms with Gasteiger partial charge in [-0.3, -0.25) is 0 Å². The summed E-state index contributed by atoms with van der Waals surface area (Å²) in [5.74, 6) is 2.05. The van der Waals surface area contributed by atoms with Gasteiger partial charge in [0.25, 0.3) is 0 Å². The van der Waals surface area contributed by atoms with E-state index in [1.807, 2.05) is 49.3 Å². The Balaban J connectivity index is 1.42. The van der Waals surface area contributed by atoms with E-state index in [0.29, 0.717) is 23.6 Å². The minimum Gasteiger partial charge on any atom is -0.485 e. The van der Waals surface area contributed by atoms with E-state index < -0.39 is 0 Å². The van der Waals surface area contributed by atoms with Gasteiger partial charge in [-0.05, 0) is 56.0 Å². The zero-order valence-corrected chi connectivity index (χ0v) is 21.4. The van der Waals surface area contributed by atoms with Gasteiger partial charge in [0.15, 0.2) is 16.7 Å². The van der Waals surface area contributed by atoms with Crippen molar-refractivity contribution in [2.45, 2.75) is 36.5 Å². The van der Waals surface area contributed by atoms with Gasteiger partial charge in [-0.1, -0.05) is 60.7 Å². The minimum atomic E-state index is 0.377. The molecule has 5 nitrogen and oxygen atoms in total. The number of nitrogens with zero attached hydrogens (tertiary/aromatic N) is 2. The Bertz CT molecular complexity index is 1210. The Hall–Kier alpha value is -2.87. The highest BCUT2D eigenvalue weighted by Crippen LogP contribution is 2.45. The van der Waals surface area contributed by atoms with Crippen LogP contribution in [0.25, 0.3) is 0 Å². The number of thioether (sulfide) groups is 1. The maximum atomic E-state index is 6.30. The average Bonchev–Trinajstić information content (AvgIpc) is 3.33. The molecule has 0 bridgehead atoms. The Morgan fingerprint density at radius 2 is 1.77 bits per heavy atom. The van der Waals surface area contributed by atoms with Crippen LogP contribution in [0, 0.1) is 12.8 Å². The molecule has 0 spiro atoms. The molecule has 0 aliphatic carbocycles. The van der Waals surface area contributed by atoms with Crippen LogP contribution in [-0.2, 0) is 6.61 Å². The highest BCUT2D eigenvalue weighted by atomic mass is 32.2. The van der Waals surface area contributed by atoms with Gasteiger partial charge in [-0.15, -0.1) is 23.1 Å². The Morgan fingerprint density at radius 3 is 2.49 bits per heavy atom. The van der Waals surface area contributed by atoms with E-state index in [1.54, 1.807) is 11.3 Å². The lowest BCUT2D eigenvalue weighted by molar-refractivity contribution is 0.306. The molecule has 1 unspecified atom stereocenters. The Morgan fingerprint density at radius 1 is 1.03 bits per heavy atom. The molecule has 2 aromatic heterocycles. The van der Waals surface area contributed by atoms with E-state index in [9.17, 15) is 0 Å². The van der Waals surface area contributed by atoms with E-state index in [2.05, 4.69) is 64.1 Å². The van der Waals surface area contributed by atoms with Crippen molar-refractivity contribution in [3.63, 3.8) is 0 Å². The first kappa shape index (κ1) is 23.9. The lowest BCUT2D eigenvalue weighted by Crippen LogP contribution is -2.30. The molecule has 1 atom stereocenters. The smallest absolute Gasteiger partial charge is 0.188 e. The van der Waals surface area contributed by atoms with Gasteiger partial charge in [0.1, 0.15) is 6.61 Å². The SMILES string of the molecule is Cc1cnc(Nc2ncc(SC(c3ccccc3)C3CCNCC3)cc2OCc2ccccc2)s1. The van der Waals surface area contributed by atoms with Crippen LogP contribution in [0.15, 0.2) is 84.0 Å². The molecule has 2 aromatic carbocycles. The maximum absolute atomic E-state index is 6.30. The van der Waals surface area contributed by atoms with Gasteiger partial charge in [-0.2, -0.15) is 0 Å². The number of piperidine rings is 1. The molecule has 1 aliphatic rings.